The Morgan fingerprint density at radius 3 is 2.29 bits per heavy atom. The van der Waals surface area contributed by atoms with E-state index in [2.05, 4.69) is 41.5 Å². The van der Waals surface area contributed by atoms with Gasteiger partial charge in [-0.15, -0.1) is 15.3 Å². The van der Waals surface area contributed by atoms with Crippen LogP contribution in [0.4, 0.5) is 10.8 Å². The predicted molar refractivity (Wildman–Crippen MR) is 400 cm³/mol. The summed E-state index contributed by atoms with van der Waals surface area (Å²) < 4.78 is 63.5. The zero-order valence-corrected chi connectivity index (χ0v) is 66.1. The van der Waals surface area contributed by atoms with Crippen molar-refractivity contribution in [1.29, 1.82) is 0 Å². The molecule has 0 radical (unpaired) electrons. The van der Waals surface area contributed by atoms with Gasteiger partial charge in [0.2, 0.25) is 39.0 Å². The number of epoxide rings is 1. The van der Waals surface area contributed by atoms with Gasteiger partial charge in [-0.2, -0.15) is 0 Å². The summed E-state index contributed by atoms with van der Waals surface area (Å²) in [5.41, 5.74) is 10.4. The number of carboxylic acid groups (broad SMARTS) is 1. The number of primary sulfonamides is 1. The highest BCUT2D eigenvalue weighted by atomic mass is 35.5. The highest BCUT2D eigenvalue weighted by Gasteiger charge is 2.64. The van der Waals surface area contributed by atoms with E-state index in [0.29, 0.717) is 61.4 Å². The van der Waals surface area contributed by atoms with E-state index in [1.807, 2.05) is 13.0 Å². The van der Waals surface area contributed by atoms with Crippen LogP contribution in [0.25, 0.3) is 0 Å². The summed E-state index contributed by atoms with van der Waals surface area (Å²) in [5.74, 6) is -11.4. The topological polar surface area (TPSA) is 537 Å². The quantitative estimate of drug-likeness (QED) is 0.00463. The number of hydrogen-bond acceptors (Lipinski definition) is 30. The number of benzene rings is 1. The van der Waals surface area contributed by atoms with E-state index in [0.717, 1.165) is 37.6 Å². The van der Waals surface area contributed by atoms with Gasteiger partial charge in [-0.05, 0) is 83.4 Å². The van der Waals surface area contributed by atoms with Crippen LogP contribution < -0.4 is 42.2 Å². The number of aryl methyl sites for hydroxylation is 2. The molecule has 0 unspecified atom stereocenters. The number of carboxylic acids is 1. The van der Waals surface area contributed by atoms with E-state index < -0.39 is 177 Å². The minimum absolute atomic E-state index is 0.00960. The zero-order valence-electron chi connectivity index (χ0n) is 62.0. The van der Waals surface area contributed by atoms with Crippen LogP contribution in [0, 0.1) is 17.8 Å². The second-order valence-corrected chi connectivity index (χ2v) is 32.6. The standard InChI is InChI=1S/C68H95ClN14O23S4/c1-38-14-11-18-52(101-8)68(97)30-51(104-57(91)31-68)39(2)59-67(4,106-59)53(29-56(90)82(6)48-25-41(24-38)26-50(100-7)58(48)69)105-63(96)40(3)81(5)55(89)20-23-107-108-35-47(62(94)95)75-61(93)43(34-103-37-85)28-49(87)46(17-13-21-73-64(70)71)74-60(92)42(33-102-36-84)27-45(86)16-9-10-22-83-32-44(77-80-83)15-12-19-54(88)76-65-78-79-66(109-65)110(72,98)99/h11,14,18,25-26,32,36-37,39-40,42-43,46-47,51-53,59,97H,9-10,12-13,15-17,19-24,27-31,33-35H2,1-8H3,(H,74,92)(H,75,93)(H,94,95)(H4,70,71,73)(H2,72,98,99)(H,76,78,88)/b18-11+,38-14+/t39-,40+,42+,43+,46+,47+,51+,52-,53+,59+,67-,68-/m1/s1. The second-order valence-electron chi connectivity index (χ2n) is 26.9. The zero-order chi connectivity index (χ0) is 81.2. The van der Waals surface area contributed by atoms with Crippen LogP contribution >= 0.6 is 44.5 Å². The lowest BCUT2D eigenvalue weighted by atomic mass is 9.78. The number of likely N-dealkylation sites (N-methyl/N-ethyl adjacent to an activating group) is 1. The Labute approximate surface area is 651 Å². The number of allylic oxidation sites excluding steroid dienone is 3. The molecule has 2 aromatic heterocycles. The summed E-state index contributed by atoms with van der Waals surface area (Å²) in [6.07, 6.45) is 2.58. The molecule has 3 aromatic rings. The van der Waals surface area contributed by atoms with Crippen molar-refractivity contribution in [3.8, 4) is 5.75 Å². The first-order valence-corrected chi connectivity index (χ1v) is 40.2. The molecular weight excluding hydrogens is 1540 g/mol. The van der Waals surface area contributed by atoms with E-state index in [9.17, 15) is 76.2 Å². The molecule has 6 rings (SSSR count). The number of aromatic nitrogens is 5. The molecule has 1 aromatic carbocycles. The molecule has 37 nitrogen and oxygen atoms in total. The molecule has 3 aliphatic heterocycles. The van der Waals surface area contributed by atoms with Gasteiger partial charge in [-0.1, -0.05) is 80.5 Å². The number of ether oxygens (including phenoxy) is 7. The summed E-state index contributed by atoms with van der Waals surface area (Å²) >= 11 is 7.45. The van der Waals surface area contributed by atoms with Crippen molar-refractivity contribution >= 4 is 143 Å². The number of hydrogen-bond donors (Lipinski definition) is 8. The number of carbonyl (C=O) groups is 12. The highest BCUT2D eigenvalue weighted by molar-refractivity contribution is 8.76. The van der Waals surface area contributed by atoms with Gasteiger partial charge < -0.3 is 80.6 Å². The monoisotopic (exact) mass is 1640 g/mol. The minimum atomic E-state index is -4.08. The maximum Gasteiger partial charge on any atom is 0.328 e. The van der Waals surface area contributed by atoms with Gasteiger partial charge in [0.15, 0.2) is 11.7 Å². The maximum absolute atomic E-state index is 14.5. The van der Waals surface area contributed by atoms with Gasteiger partial charge in [-0.3, -0.25) is 57.6 Å². The van der Waals surface area contributed by atoms with Crippen LogP contribution in [-0.4, -0.2) is 240 Å². The van der Waals surface area contributed by atoms with Crippen molar-refractivity contribution in [1.82, 2.24) is 40.7 Å². The SMILES string of the molecule is COc1cc2cc(c1Cl)N(C)C(=O)C[C@H](OC(=O)[C@H](C)N(C)C(=O)CCSSC[C@H](NC(=O)[C@H](COC=O)CC(=O)[C@H](CCCN=C(N)N)NC(=O)[C@H](COC=O)CC(=O)CCCCn1cc(CCCC(=O)Nc3nnc(S(N)(=O)=O)s3)nn1)C(=O)O)[C@@]1(C)O[C@H]1[C@H](C)[C@@H]1C[C@@](O)(CC(=O)O1)[C@H](OC)/C=C/C=C(\C)C2. The third-order valence-corrected chi connectivity index (χ3v) is 23.5. The summed E-state index contributed by atoms with van der Waals surface area (Å²) in [4.78, 5) is 165. The van der Waals surface area contributed by atoms with Crippen LogP contribution in [0.5, 0.6) is 5.75 Å². The van der Waals surface area contributed by atoms with Crippen molar-refractivity contribution in [2.24, 2.45) is 39.4 Å². The van der Waals surface area contributed by atoms with E-state index in [-0.39, 0.29) is 97.8 Å². The lowest BCUT2D eigenvalue weighted by Crippen LogP contribution is -2.53. The largest absolute Gasteiger partial charge is 0.495 e. The smallest absolute Gasteiger partial charge is 0.328 e. The summed E-state index contributed by atoms with van der Waals surface area (Å²) in [6.45, 7) is 5.83. The van der Waals surface area contributed by atoms with Crippen molar-refractivity contribution in [2.75, 3.05) is 69.8 Å². The molecule has 5 amide bonds. The second kappa shape index (κ2) is 42.6. The number of rotatable bonds is 42. The lowest BCUT2D eigenvalue weighted by molar-refractivity contribution is -0.187. The Hall–Kier alpha value is -8.71. The van der Waals surface area contributed by atoms with Crippen molar-refractivity contribution in [2.45, 2.75) is 189 Å². The predicted octanol–water partition coefficient (Wildman–Crippen LogP) is 2.06. The fraction of sp³-hybridized carbons (Fsp3) is 0.603. The average Bonchev–Trinajstić information content (AvgIpc) is 1.57. The molecule has 3 aliphatic rings. The number of unbranched alkanes of at least 4 members (excludes halogenated alkanes) is 1. The molecule has 0 spiro atoms. The third-order valence-electron chi connectivity index (χ3n) is 18.6. The molecule has 42 heteroatoms. The fourth-order valence-corrected chi connectivity index (χ4v) is 16.0. The van der Waals surface area contributed by atoms with E-state index >= 15 is 0 Å². The number of fused-ring (bicyclic) bond motifs is 5. The fourth-order valence-electron chi connectivity index (χ4n) is 12.2. The third kappa shape index (κ3) is 27.1. The molecular formula is C68H95ClN14O23S4. The first kappa shape index (κ1) is 90.2. The number of nitrogens with one attached hydrogen (secondary N) is 3. The van der Waals surface area contributed by atoms with Crippen molar-refractivity contribution in [3.05, 3.63) is 58.4 Å². The molecule has 5 heterocycles. The number of aliphatic hydroxyl groups is 1. The minimum Gasteiger partial charge on any atom is -0.495 e. The molecule has 11 N–H and O–H groups in total. The number of anilines is 2. The van der Waals surface area contributed by atoms with Crippen LogP contribution in [0.3, 0.4) is 0 Å². The van der Waals surface area contributed by atoms with Crippen LogP contribution in [0.1, 0.15) is 122 Å². The Kier molecular flexibility index (Phi) is 34.9. The summed E-state index contributed by atoms with van der Waals surface area (Å²) in [7, 11) is 3.67. The number of guanidine groups is 1. The highest BCUT2D eigenvalue weighted by Crippen LogP contribution is 2.50. The Morgan fingerprint density at radius 2 is 1.65 bits per heavy atom. The number of halogens is 1. The molecule has 4 bridgehead atoms. The molecule has 2 fully saturated rings. The first-order chi connectivity index (χ1) is 52.0. The number of ketones is 2. The maximum atomic E-state index is 14.5. The van der Waals surface area contributed by atoms with Crippen LogP contribution in [-0.2, 0) is 115 Å². The van der Waals surface area contributed by atoms with Gasteiger partial charge in [0.25, 0.3) is 23.0 Å². The average molecular weight is 1640 g/mol. The van der Waals surface area contributed by atoms with E-state index in [1.165, 1.54) is 40.1 Å². The number of methoxy groups -OCH3 is 2. The molecule has 12 atom stereocenters. The first-order valence-electron chi connectivity index (χ1n) is 34.9. The number of esters is 2. The Balaban J connectivity index is 1.02. The summed E-state index contributed by atoms with van der Waals surface area (Å²) in [5, 5.41) is 50.0. The lowest BCUT2D eigenvalue weighted by Gasteiger charge is -2.41. The Bertz CT molecular complexity index is 3990. The number of nitrogens with two attached hydrogens (primary N) is 3. The van der Waals surface area contributed by atoms with Crippen LogP contribution in [0.2, 0.25) is 5.02 Å². The number of Topliss-reactive ketones (excluding diaryl/α,β-unsaturated/α-hetero) is 2. The van der Waals surface area contributed by atoms with Gasteiger partial charge in [-0.25, -0.2) is 23.1 Å². The van der Waals surface area contributed by atoms with Crippen LogP contribution in [0.15, 0.2) is 51.5 Å². The molecule has 0 saturated carbocycles. The number of sulfonamides is 1. The molecule has 0 aliphatic carbocycles. The Morgan fingerprint density at radius 1 is 0.955 bits per heavy atom. The molecule has 110 heavy (non-hydrogen) atoms. The summed E-state index contributed by atoms with van der Waals surface area (Å²) in [6, 6.07) is -0.797. The van der Waals surface area contributed by atoms with E-state index in [1.54, 1.807) is 49.0 Å². The van der Waals surface area contributed by atoms with E-state index in [4.69, 9.17) is 61.4 Å². The molecule has 2 saturated heterocycles. The van der Waals surface area contributed by atoms with Crippen molar-refractivity contribution < 1.29 is 109 Å². The van der Waals surface area contributed by atoms with Gasteiger partial charge in [0.1, 0.15) is 71.4 Å². The van der Waals surface area contributed by atoms with Gasteiger partial charge >= 0.3 is 17.9 Å². The number of aliphatic imine (C=N–C) groups is 1. The number of aliphatic carboxylic acids is 1. The number of carbonyl (C=O) groups excluding carboxylic acids is 11. The number of nitrogens with zero attached hydrogens (tertiary/aromatic N) is 8. The van der Waals surface area contributed by atoms with Gasteiger partial charge in [0, 0.05) is 96.4 Å². The van der Waals surface area contributed by atoms with Gasteiger partial charge in [0.05, 0.1) is 55.3 Å². The van der Waals surface area contributed by atoms with Crippen molar-refractivity contribution in [3.63, 3.8) is 0 Å². The molecule has 606 valence electrons. The normalized spacial score (nSPS) is 22.1. The number of amides is 5.